The number of aliphatic hydroxyl groups excluding tert-OH is 2. The van der Waals surface area contributed by atoms with Crippen molar-refractivity contribution in [3.63, 3.8) is 0 Å². The molecule has 5 N–H and O–H groups in total. The van der Waals surface area contributed by atoms with Gasteiger partial charge in [-0.05, 0) is 13.0 Å². The molecule has 1 aliphatic rings. The molecular formula is C12H16N4O5. The zero-order valence-electron chi connectivity index (χ0n) is 11.2. The minimum Gasteiger partial charge on any atom is -0.394 e. The molecule has 3 rings (SSSR count). The van der Waals surface area contributed by atoms with Gasteiger partial charge >= 0.3 is 0 Å². The van der Waals surface area contributed by atoms with E-state index in [0.29, 0.717) is 11.0 Å². The normalized spacial score (nSPS) is 32.7. The Morgan fingerprint density at radius 1 is 1.48 bits per heavy atom. The molecule has 0 saturated carbocycles. The maximum absolute atomic E-state index is 10.5. The first-order valence-electron chi connectivity index (χ1n) is 6.39. The number of ether oxygens (including phenoxy) is 1. The topological polar surface area (TPSA) is 133 Å². The molecule has 0 spiro atoms. The Hall–Kier alpha value is -1.78. The smallest absolute Gasteiger partial charge is 0.167 e. The minimum atomic E-state index is -1.60. The van der Waals surface area contributed by atoms with E-state index < -0.39 is 30.6 Å². The highest BCUT2D eigenvalue weighted by Gasteiger charge is 2.53. The van der Waals surface area contributed by atoms with Crippen molar-refractivity contribution in [3.8, 4) is 0 Å². The lowest BCUT2D eigenvalue weighted by Gasteiger charge is -2.27. The van der Waals surface area contributed by atoms with Gasteiger partial charge in [0.25, 0.3) is 0 Å². The van der Waals surface area contributed by atoms with E-state index in [1.807, 2.05) is 5.48 Å². The number of nitrogens with zero attached hydrogens (tertiary/aromatic N) is 3. The average Bonchev–Trinajstić information content (AvgIpc) is 2.99. The van der Waals surface area contributed by atoms with Gasteiger partial charge in [-0.2, -0.15) is 0 Å². The van der Waals surface area contributed by atoms with Crippen LogP contribution in [0.1, 0.15) is 13.2 Å². The molecule has 2 aromatic rings. The van der Waals surface area contributed by atoms with Crippen molar-refractivity contribution < 1.29 is 25.3 Å². The molecule has 0 bridgehead atoms. The Kier molecular flexibility index (Phi) is 3.30. The fraction of sp³-hybridized carbons (Fsp3) is 0.500. The number of aliphatic hydroxyl groups is 3. The van der Waals surface area contributed by atoms with Gasteiger partial charge in [-0.15, -0.1) is 0 Å². The van der Waals surface area contributed by atoms with Crippen molar-refractivity contribution in [1.82, 2.24) is 14.5 Å². The summed E-state index contributed by atoms with van der Waals surface area (Å²) in [5, 5.41) is 39.3. The highest BCUT2D eigenvalue weighted by molar-refractivity contribution is 5.86. The summed E-state index contributed by atoms with van der Waals surface area (Å²) < 4.78 is 7.06. The number of rotatable bonds is 3. The van der Waals surface area contributed by atoms with Gasteiger partial charge < -0.3 is 24.6 Å². The Bertz CT molecular complexity index is 658. The summed E-state index contributed by atoms with van der Waals surface area (Å²) in [6, 6.07) is 1.64. The van der Waals surface area contributed by atoms with Crippen molar-refractivity contribution in [2.24, 2.45) is 0 Å². The van der Waals surface area contributed by atoms with Crippen molar-refractivity contribution in [2.45, 2.75) is 31.0 Å². The van der Waals surface area contributed by atoms with E-state index in [9.17, 15) is 15.3 Å². The van der Waals surface area contributed by atoms with E-state index in [1.54, 1.807) is 12.3 Å². The summed E-state index contributed by atoms with van der Waals surface area (Å²) in [7, 11) is 0. The molecule has 3 heterocycles. The van der Waals surface area contributed by atoms with E-state index in [2.05, 4.69) is 9.97 Å². The number of anilines is 1. The molecule has 9 heteroatoms. The Morgan fingerprint density at radius 2 is 2.24 bits per heavy atom. The van der Waals surface area contributed by atoms with Gasteiger partial charge in [-0.3, -0.25) is 10.7 Å². The quantitative estimate of drug-likeness (QED) is 0.467. The molecule has 0 amide bonds. The number of aromatic nitrogens is 3. The summed E-state index contributed by atoms with van der Waals surface area (Å²) >= 11 is 0. The number of nitrogens with one attached hydrogen (secondary N) is 1. The van der Waals surface area contributed by atoms with Crippen molar-refractivity contribution in [3.05, 3.63) is 18.6 Å². The maximum atomic E-state index is 10.5. The van der Waals surface area contributed by atoms with Gasteiger partial charge in [-0.1, -0.05) is 0 Å². The van der Waals surface area contributed by atoms with Gasteiger partial charge in [0, 0.05) is 6.20 Å². The number of hydrogen-bond acceptors (Lipinski definition) is 8. The SMILES string of the molecule is C[C@]1(O)[C@H](O)[C@@H](CO)O[C@H]1n1ccc2c(NO)ncnc21. The van der Waals surface area contributed by atoms with E-state index in [1.165, 1.54) is 17.8 Å². The standard InChI is InChI=1S/C12H16N4O5/c1-12(19)8(18)7(4-17)21-11(12)16-3-2-6-9(15-20)13-5-14-10(6)16/h2-3,5,7-8,11,17-20H,4H2,1H3,(H,13,14,15)/t7-,8-,11-,12+/m1/s1. The van der Waals surface area contributed by atoms with Crippen LogP contribution in [0.25, 0.3) is 11.0 Å². The third-order valence-electron chi connectivity index (χ3n) is 3.80. The molecule has 0 unspecified atom stereocenters. The predicted molar refractivity (Wildman–Crippen MR) is 70.6 cm³/mol. The molecule has 21 heavy (non-hydrogen) atoms. The van der Waals surface area contributed by atoms with Crippen LogP contribution in [0.4, 0.5) is 5.82 Å². The van der Waals surface area contributed by atoms with Crippen LogP contribution < -0.4 is 5.48 Å². The van der Waals surface area contributed by atoms with Crippen LogP contribution in [0.2, 0.25) is 0 Å². The first-order chi connectivity index (χ1) is 10.0. The van der Waals surface area contributed by atoms with E-state index >= 15 is 0 Å². The van der Waals surface area contributed by atoms with Crippen LogP contribution in [0.3, 0.4) is 0 Å². The highest BCUT2D eigenvalue weighted by atomic mass is 16.6. The van der Waals surface area contributed by atoms with Crippen LogP contribution in [-0.4, -0.2) is 59.5 Å². The van der Waals surface area contributed by atoms with Gasteiger partial charge in [0.05, 0.1) is 12.0 Å². The van der Waals surface area contributed by atoms with Gasteiger partial charge in [0.1, 0.15) is 29.8 Å². The summed E-state index contributed by atoms with van der Waals surface area (Å²) in [5.41, 5.74) is 0.781. The van der Waals surface area contributed by atoms with Crippen molar-refractivity contribution in [2.75, 3.05) is 12.1 Å². The fourth-order valence-corrected chi connectivity index (χ4v) is 2.64. The third kappa shape index (κ3) is 1.98. The third-order valence-corrected chi connectivity index (χ3v) is 3.80. The van der Waals surface area contributed by atoms with Crippen molar-refractivity contribution >= 4 is 16.9 Å². The van der Waals surface area contributed by atoms with Crippen molar-refractivity contribution in [1.29, 1.82) is 0 Å². The molecule has 0 aliphatic carbocycles. The van der Waals surface area contributed by atoms with E-state index in [4.69, 9.17) is 9.94 Å². The maximum Gasteiger partial charge on any atom is 0.167 e. The minimum absolute atomic E-state index is 0.218. The molecule has 1 fully saturated rings. The summed E-state index contributed by atoms with van der Waals surface area (Å²) in [5.74, 6) is 0.218. The van der Waals surface area contributed by atoms with E-state index in [-0.39, 0.29) is 5.82 Å². The first-order valence-corrected chi connectivity index (χ1v) is 6.39. The van der Waals surface area contributed by atoms with Crippen LogP contribution in [0, 0.1) is 0 Å². The average molecular weight is 296 g/mol. The van der Waals surface area contributed by atoms with Gasteiger partial charge in [0.15, 0.2) is 12.0 Å². The molecule has 114 valence electrons. The Morgan fingerprint density at radius 3 is 2.86 bits per heavy atom. The van der Waals surface area contributed by atoms with Crippen LogP contribution in [0.15, 0.2) is 18.6 Å². The van der Waals surface area contributed by atoms with Crippen LogP contribution >= 0.6 is 0 Å². The lowest BCUT2D eigenvalue weighted by molar-refractivity contribution is -0.0948. The fourth-order valence-electron chi connectivity index (χ4n) is 2.64. The molecule has 1 aliphatic heterocycles. The first kappa shape index (κ1) is 14.2. The van der Waals surface area contributed by atoms with Crippen LogP contribution in [-0.2, 0) is 4.74 Å². The van der Waals surface area contributed by atoms with E-state index in [0.717, 1.165) is 0 Å². The van der Waals surface area contributed by atoms with Crippen LogP contribution in [0.5, 0.6) is 0 Å². The predicted octanol–water partition coefficient (Wildman–Crippen LogP) is -0.766. The summed E-state index contributed by atoms with van der Waals surface area (Å²) in [6.45, 7) is 1.02. The zero-order chi connectivity index (χ0) is 15.2. The molecule has 4 atom stereocenters. The highest BCUT2D eigenvalue weighted by Crippen LogP contribution is 2.39. The molecular weight excluding hydrogens is 280 g/mol. The molecule has 2 aromatic heterocycles. The Labute approximate surface area is 119 Å². The number of hydrogen-bond donors (Lipinski definition) is 5. The molecule has 1 saturated heterocycles. The monoisotopic (exact) mass is 296 g/mol. The second-order valence-electron chi connectivity index (χ2n) is 5.17. The zero-order valence-corrected chi connectivity index (χ0v) is 11.2. The summed E-state index contributed by atoms with van der Waals surface area (Å²) in [6.07, 6.45) is -0.196. The molecule has 0 aromatic carbocycles. The van der Waals surface area contributed by atoms with Gasteiger partial charge in [-0.25, -0.2) is 9.97 Å². The Balaban J connectivity index is 2.09. The molecule has 9 nitrogen and oxygen atoms in total. The lowest BCUT2D eigenvalue weighted by Crippen LogP contribution is -2.44. The second-order valence-corrected chi connectivity index (χ2v) is 5.17. The van der Waals surface area contributed by atoms with Gasteiger partial charge in [0.2, 0.25) is 0 Å². The second kappa shape index (κ2) is 4.90. The largest absolute Gasteiger partial charge is 0.394 e. The summed E-state index contributed by atoms with van der Waals surface area (Å²) in [4.78, 5) is 7.97. The molecule has 0 radical (unpaired) electrons. The lowest BCUT2D eigenvalue weighted by atomic mass is 9.96. The number of fused-ring (bicyclic) bond motifs is 1.